The third kappa shape index (κ3) is 2.42. The van der Waals surface area contributed by atoms with Crippen LogP contribution in [0.25, 0.3) is 0 Å². The van der Waals surface area contributed by atoms with Crippen LogP contribution in [0.4, 0.5) is 0 Å². The highest BCUT2D eigenvalue weighted by Crippen LogP contribution is 2.34. The van der Waals surface area contributed by atoms with Crippen LogP contribution in [0.1, 0.15) is 25.7 Å². The lowest BCUT2D eigenvalue weighted by Gasteiger charge is -2.41. The van der Waals surface area contributed by atoms with Crippen molar-refractivity contribution in [2.24, 2.45) is 5.92 Å². The summed E-state index contributed by atoms with van der Waals surface area (Å²) in [6.45, 7) is 0. The maximum Gasteiger partial charge on any atom is 0.224 e. The molecule has 2 aliphatic rings. The number of hydrogen-bond acceptors (Lipinski definition) is 3. The number of rotatable bonds is 3. The SMILES string of the molecule is O=C(NC1(CBr)CCC1)C1CCS(=O)(=O)C1. The maximum atomic E-state index is 11.9. The van der Waals surface area contributed by atoms with E-state index in [1.54, 1.807) is 0 Å². The third-order valence-electron chi connectivity index (χ3n) is 3.56. The van der Waals surface area contributed by atoms with Crippen LogP contribution in [0.2, 0.25) is 0 Å². The van der Waals surface area contributed by atoms with Crippen LogP contribution in [0.3, 0.4) is 0 Å². The molecule has 1 saturated carbocycles. The molecular weight excluding hydrogens is 294 g/mol. The summed E-state index contributed by atoms with van der Waals surface area (Å²) in [4.78, 5) is 11.9. The fourth-order valence-corrected chi connectivity index (χ4v) is 4.70. The Bertz CT molecular complexity index is 383. The first-order valence-electron chi connectivity index (χ1n) is 5.55. The highest BCUT2D eigenvalue weighted by Gasteiger charge is 2.41. The lowest BCUT2D eigenvalue weighted by atomic mass is 9.78. The van der Waals surface area contributed by atoms with Crippen molar-refractivity contribution in [2.75, 3.05) is 16.8 Å². The summed E-state index contributed by atoms with van der Waals surface area (Å²) in [5.41, 5.74) is -0.108. The number of hydrogen-bond donors (Lipinski definition) is 1. The molecule has 4 nitrogen and oxygen atoms in total. The van der Waals surface area contributed by atoms with Gasteiger partial charge in [0.2, 0.25) is 5.91 Å². The van der Waals surface area contributed by atoms with Gasteiger partial charge in [0.1, 0.15) is 0 Å². The normalized spacial score (nSPS) is 30.7. The fourth-order valence-electron chi connectivity index (χ4n) is 2.26. The number of carbonyl (C=O) groups is 1. The van der Waals surface area contributed by atoms with E-state index in [9.17, 15) is 13.2 Å². The number of alkyl halides is 1. The van der Waals surface area contributed by atoms with Gasteiger partial charge in [0.25, 0.3) is 0 Å². The zero-order chi connectivity index (χ0) is 11.8. The zero-order valence-corrected chi connectivity index (χ0v) is 11.4. The van der Waals surface area contributed by atoms with Gasteiger partial charge in [-0.05, 0) is 25.7 Å². The predicted octanol–water partition coefficient (Wildman–Crippen LogP) is 0.855. The lowest BCUT2D eigenvalue weighted by Crippen LogP contribution is -2.56. The zero-order valence-electron chi connectivity index (χ0n) is 9.04. The Morgan fingerprint density at radius 2 is 2.12 bits per heavy atom. The van der Waals surface area contributed by atoms with Gasteiger partial charge in [-0.1, -0.05) is 15.9 Å². The second-order valence-electron chi connectivity index (χ2n) is 4.86. The number of halogens is 1. The fraction of sp³-hybridized carbons (Fsp3) is 0.900. The van der Waals surface area contributed by atoms with Gasteiger partial charge in [-0.25, -0.2) is 8.42 Å². The van der Waals surface area contributed by atoms with E-state index in [2.05, 4.69) is 21.2 Å². The molecule has 1 aliphatic heterocycles. The quantitative estimate of drug-likeness (QED) is 0.786. The molecule has 1 aliphatic carbocycles. The Balaban J connectivity index is 1.94. The summed E-state index contributed by atoms with van der Waals surface area (Å²) < 4.78 is 22.5. The minimum atomic E-state index is -2.96. The van der Waals surface area contributed by atoms with Crippen LogP contribution in [0.5, 0.6) is 0 Å². The number of nitrogens with one attached hydrogen (secondary N) is 1. The highest BCUT2D eigenvalue weighted by molar-refractivity contribution is 9.09. The van der Waals surface area contributed by atoms with E-state index < -0.39 is 9.84 Å². The van der Waals surface area contributed by atoms with Crippen LogP contribution in [-0.4, -0.2) is 36.7 Å². The summed E-state index contributed by atoms with van der Waals surface area (Å²) >= 11 is 3.41. The van der Waals surface area contributed by atoms with Crippen molar-refractivity contribution >= 4 is 31.7 Å². The van der Waals surface area contributed by atoms with Crippen molar-refractivity contribution in [3.8, 4) is 0 Å². The second-order valence-corrected chi connectivity index (χ2v) is 7.65. The lowest BCUT2D eigenvalue weighted by molar-refractivity contribution is -0.126. The second kappa shape index (κ2) is 4.29. The van der Waals surface area contributed by atoms with E-state index in [1.807, 2.05) is 0 Å². The molecule has 0 aromatic rings. The molecule has 0 radical (unpaired) electrons. The molecule has 0 spiro atoms. The Kier molecular flexibility index (Phi) is 3.32. The van der Waals surface area contributed by atoms with E-state index in [-0.39, 0.29) is 28.9 Å². The first kappa shape index (κ1) is 12.4. The van der Waals surface area contributed by atoms with Crippen molar-refractivity contribution in [2.45, 2.75) is 31.2 Å². The summed E-state index contributed by atoms with van der Waals surface area (Å²) in [5.74, 6) is -0.231. The smallest absolute Gasteiger partial charge is 0.224 e. The third-order valence-corrected chi connectivity index (χ3v) is 6.40. The van der Waals surface area contributed by atoms with E-state index in [1.165, 1.54) is 0 Å². The van der Waals surface area contributed by atoms with Gasteiger partial charge in [-0.15, -0.1) is 0 Å². The molecule has 0 bridgehead atoms. The van der Waals surface area contributed by atoms with E-state index in [0.717, 1.165) is 24.6 Å². The molecule has 0 aromatic carbocycles. The molecule has 1 unspecified atom stereocenters. The largest absolute Gasteiger partial charge is 0.350 e. The van der Waals surface area contributed by atoms with Crippen LogP contribution in [-0.2, 0) is 14.6 Å². The summed E-state index contributed by atoms with van der Waals surface area (Å²) in [5, 5.41) is 3.76. The van der Waals surface area contributed by atoms with Gasteiger partial charge in [0, 0.05) is 10.9 Å². The molecule has 1 amide bonds. The van der Waals surface area contributed by atoms with Crippen LogP contribution < -0.4 is 5.32 Å². The average Bonchev–Trinajstić information content (AvgIpc) is 2.52. The van der Waals surface area contributed by atoms with Crippen molar-refractivity contribution in [3.05, 3.63) is 0 Å². The molecule has 92 valence electrons. The van der Waals surface area contributed by atoms with E-state index >= 15 is 0 Å². The van der Waals surface area contributed by atoms with Crippen molar-refractivity contribution in [1.82, 2.24) is 5.32 Å². The summed E-state index contributed by atoms with van der Waals surface area (Å²) in [6.07, 6.45) is 3.59. The molecule has 1 N–H and O–H groups in total. The molecule has 1 heterocycles. The Morgan fingerprint density at radius 1 is 1.44 bits per heavy atom. The molecule has 1 saturated heterocycles. The number of sulfone groups is 1. The molecule has 2 rings (SSSR count). The standard InChI is InChI=1S/C10H16BrNO3S/c11-7-10(3-1-4-10)12-9(13)8-2-5-16(14,15)6-8/h8H,1-7H2,(H,12,13). The first-order chi connectivity index (χ1) is 7.46. The Morgan fingerprint density at radius 3 is 2.50 bits per heavy atom. The van der Waals surface area contributed by atoms with Crippen molar-refractivity contribution in [3.63, 3.8) is 0 Å². The van der Waals surface area contributed by atoms with E-state index in [4.69, 9.17) is 0 Å². The van der Waals surface area contributed by atoms with Gasteiger partial charge < -0.3 is 5.32 Å². The topological polar surface area (TPSA) is 63.2 Å². The van der Waals surface area contributed by atoms with E-state index in [0.29, 0.717) is 6.42 Å². The van der Waals surface area contributed by atoms with Gasteiger partial charge in [0.05, 0.1) is 17.4 Å². The van der Waals surface area contributed by atoms with Gasteiger partial charge in [0.15, 0.2) is 9.84 Å². The number of amides is 1. The summed E-state index contributed by atoms with van der Waals surface area (Å²) in [7, 11) is -2.96. The Hall–Kier alpha value is -0.100. The van der Waals surface area contributed by atoms with Crippen molar-refractivity contribution < 1.29 is 13.2 Å². The minimum Gasteiger partial charge on any atom is -0.350 e. The van der Waals surface area contributed by atoms with Crippen LogP contribution in [0.15, 0.2) is 0 Å². The Labute approximate surface area is 104 Å². The molecule has 16 heavy (non-hydrogen) atoms. The van der Waals surface area contributed by atoms with Gasteiger partial charge in [-0.3, -0.25) is 4.79 Å². The average molecular weight is 310 g/mol. The molecule has 2 fully saturated rings. The van der Waals surface area contributed by atoms with Gasteiger partial charge in [-0.2, -0.15) is 0 Å². The van der Waals surface area contributed by atoms with Crippen LogP contribution >= 0.6 is 15.9 Å². The van der Waals surface area contributed by atoms with Gasteiger partial charge >= 0.3 is 0 Å². The maximum absolute atomic E-state index is 11.9. The molecule has 1 atom stereocenters. The highest BCUT2D eigenvalue weighted by atomic mass is 79.9. The monoisotopic (exact) mass is 309 g/mol. The minimum absolute atomic E-state index is 0.0250. The molecule has 0 aromatic heterocycles. The first-order valence-corrected chi connectivity index (χ1v) is 8.49. The predicted molar refractivity (Wildman–Crippen MR) is 65.3 cm³/mol. The molecular formula is C10H16BrNO3S. The van der Waals surface area contributed by atoms with Crippen molar-refractivity contribution in [1.29, 1.82) is 0 Å². The van der Waals surface area contributed by atoms with Crippen LogP contribution in [0, 0.1) is 5.92 Å². The number of carbonyl (C=O) groups excluding carboxylic acids is 1. The molecule has 6 heteroatoms. The summed E-state index contributed by atoms with van der Waals surface area (Å²) in [6, 6.07) is 0.